The molecule has 0 spiro atoms. The zero-order valence-corrected chi connectivity index (χ0v) is 8.18. The molecule has 1 aliphatic rings. The molecule has 1 aromatic carbocycles. The second-order valence-corrected chi connectivity index (χ2v) is 3.50. The Morgan fingerprint density at radius 2 is 2.13 bits per heavy atom. The second kappa shape index (κ2) is 4.00. The van der Waals surface area contributed by atoms with Crippen molar-refractivity contribution < 1.29 is 19.4 Å². The Hall–Kier alpha value is -1.39. The van der Waals surface area contributed by atoms with Gasteiger partial charge in [0.05, 0.1) is 13.2 Å². The molecule has 4 heteroatoms. The first-order chi connectivity index (χ1) is 7.27. The summed E-state index contributed by atoms with van der Waals surface area (Å²) >= 11 is 0. The number of aliphatic hydroxyl groups excluding tert-OH is 1. The maximum Gasteiger partial charge on any atom is 0.343 e. The Bertz CT molecular complexity index is 343. The van der Waals surface area contributed by atoms with E-state index in [1.807, 2.05) is 30.3 Å². The number of hydrogen-bond donors (Lipinski definition) is 1. The Labute approximate surface area is 87.4 Å². The van der Waals surface area contributed by atoms with E-state index in [2.05, 4.69) is 0 Å². The molecule has 1 saturated heterocycles. The third kappa shape index (κ3) is 2.16. The Balaban J connectivity index is 1.86. The van der Waals surface area contributed by atoms with Crippen molar-refractivity contribution in [2.45, 2.75) is 12.2 Å². The van der Waals surface area contributed by atoms with Gasteiger partial charge in [0.1, 0.15) is 6.61 Å². The number of rotatable bonds is 4. The SMILES string of the molecule is O=C(OCc1ccccc1)[C@]1(CO)CO1. The van der Waals surface area contributed by atoms with E-state index in [0.29, 0.717) is 0 Å². The summed E-state index contributed by atoms with van der Waals surface area (Å²) in [5, 5.41) is 8.90. The largest absolute Gasteiger partial charge is 0.459 e. The van der Waals surface area contributed by atoms with E-state index in [0.717, 1.165) is 5.56 Å². The fourth-order valence-electron chi connectivity index (χ4n) is 1.22. The van der Waals surface area contributed by atoms with Gasteiger partial charge in [0, 0.05) is 0 Å². The van der Waals surface area contributed by atoms with Crippen molar-refractivity contribution in [3.63, 3.8) is 0 Å². The topological polar surface area (TPSA) is 59.1 Å². The zero-order chi connectivity index (χ0) is 10.7. The van der Waals surface area contributed by atoms with Crippen molar-refractivity contribution in [1.29, 1.82) is 0 Å². The van der Waals surface area contributed by atoms with Gasteiger partial charge in [-0.1, -0.05) is 30.3 Å². The molecule has 1 aromatic rings. The molecule has 0 amide bonds. The van der Waals surface area contributed by atoms with Gasteiger partial charge in [-0.05, 0) is 5.56 Å². The molecule has 0 unspecified atom stereocenters. The van der Waals surface area contributed by atoms with Gasteiger partial charge >= 0.3 is 5.97 Å². The lowest BCUT2D eigenvalue weighted by molar-refractivity contribution is -0.152. The van der Waals surface area contributed by atoms with E-state index in [4.69, 9.17) is 14.6 Å². The van der Waals surface area contributed by atoms with E-state index in [1.54, 1.807) is 0 Å². The number of benzene rings is 1. The van der Waals surface area contributed by atoms with Gasteiger partial charge in [-0.15, -0.1) is 0 Å². The first-order valence-electron chi connectivity index (χ1n) is 4.73. The van der Waals surface area contributed by atoms with Gasteiger partial charge < -0.3 is 14.6 Å². The van der Waals surface area contributed by atoms with Crippen LogP contribution in [0.3, 0.4) is 0 Å². The van der Waals surface area contributed by atoms with Crippen LogP contribution in [0.5, 0.6) is 0 Å². The molecule has 1 atom stereocenters. The summed E-state index contributed by atoms with van der Waals surface area (Å²) < 4.78 is 9.89. The monoisotopic (exact) mass is 208 g/mol. The highest BCUT2D eigenvalue weighted by molar-refractivity contribution is 5.82. The Morgan fingerprint density at radius 1 is 1.47 bits per heavy atom. The van der Waals surface area contributed by atoms with Gasteiger partial charge in [-0.2, -0.15) is 0 Å². The summed E-state index contributed by atoms with van der Waals surface area (Å²) in [6.45, 7) is 0.141. The summed E-state index contributed by atoms with van der Waals surface area (Å²) in [6.07, 6.45) is 0. The van der Waals surface area contributed by atoms with Crippen molar-refractivity contribution >= 4 is 5.97 Å². The predicted octanol–water partition coefficient (Wildman–Crippen LogP) is 0.491. The van der Waals surface area contributed by atoms with Crippen LogP contribution in [0.1, 0.15) is 5.56 Å². The van der Waals surface area contributed by atoms with E-state index in [1.165, 1.54) is 0 Å². The third-order valence-electron chi connectivity index (χ3n) is 2.33. The highest BCUT2D eigenvalue weighted by atomic mass is 16.7. The molecule has 1 heterocycles. The van der Waals surface area contributed by atoms with Crippen molar-refractivity contribution in [3.8, 4) is 0 Å². The molecule has 0 radical (unpaired) electrons. The van der Waals surface area contributed by atoms with Crippen LogP contribution in [-0.2, 0) is 20.9 Å². The fourth-order valence-corrected chi connectivity index (χ4v) is 1.22. The van der Waals surface area contributed by atoms with Crippen LogP contribution in [-0.4, -0.2) is 29.9 Å². The first kappa shape index (κ1) is 10.1. The number of hydrogen-bond acceptors (Lipinski definition) is 4. The van der Waals surface area contributed by atoms with Crippen LogP contribution < -0.4 is 0 Å². The average molecular weight is 208 g/mol. The van der Waals surface area contributed by atoms with Crippen LogP contribution in [0, 0.1) is 0 Å². The molecule has 0 aromatic heterocycles. The van der Waals surface area contributed by atoms with E-state index in [-0.39, 0.29) is 19.8 Å². The Morgan fingerprint density at radius 3 is 2.67 bits per heavy atom. The third-order valence-corrected chi connectivity index (χ3v) is 2.33. The number of ether oxygens (including phenoxy) is 2. The first-order valence-corrected chi connectivity index (χ1v) is 4.73. The highest BCUT2D eigenvalue weighted by Gasteiger charge is 2.53. The molecule has 0 bridgehead atoms. The lowest BCUT2D eigenvalue weighted by Gasteiger charge is -2.08. The van der Waals surface area contributed by atoms with Gasteiger partial charge in [0.15, 0.2) is 0 Å². The average Bonchev–Trinajstić information content (AvgIpc) is 3.08. The lowest BCUT2D eigenvalue weighted by atomic mass is 10.2. The van der Waals surface area contributed by atoms with Crippen molar-refractivity contribution in [1.82, 2.24) is 0 Å². The van der Waals surface area contributed by atoms with Crippen LogP contribution in [0.25, 0.3) is 0 Å². The predicted molar refractivity (Wildman–Crippen MR) is 52.0 cm³/mol. The van der Waals surface area contributed by atoms with Crippen molar-refractivity contribution in [2.75, 3.05) is 13.2 Å². The number of epoxide rings is 1. The maximum atomic E-state index is 11.4. The maximum absolute atomic E-state index is 11.4. The van der Waals surface area contributed by atoms with Gasteiger partial charge in [0.25, 0.3) is 0 Å². The minimum atomic E-state index is -1.07. The molecule has 0 aliphatic carbocycles. The summed E-state index contributed by atoms with van der Waals surface area (Å²) in [6, 6.07) is 9.38. The summed E-state index contributed by atoms with van der Waals surface area (Å²) in [7, 11) is 0. The van der Waals surface area contributed by atoms with Crippen LogP contribution in [0.15, 0.2) is 30.3 Å². The second-order valence-electron chi connectivity index (χ2n) is 3.50. The van der Waals surface area contributed by atoms with E-state index in [9.17, 15) is 4.79 Å². The summed E-state index contributed by atoms with van der Waals surface area (Å²) in [5.41, 5.74) is -0.158. The highest BCUT2D eigenvalue weighted by Crippen LogP contribution is 2.27. The lowest BCUT2D eigenvalue weighted by Crippen LogP contribution is -2.30. The quantitative estimate of drug-likeness (QED) is 0.578. The molecular formula is C11H12O4. The standard InChI is InChI=1S/C11H12O4/c12-7-11(8-15-11)10(13)14-6-9-4-2-1-3-5-9/h1-5,12H,6-8H2/t11-/m0/s1. The number of carbonyl (C=O) groups excluding carboxylic acids is 1. The molecule has 2 rings (SSSR count). The molecule has 80 valence electrons. The minimum absolute atomic E-state index is 0.213. The van der Waals surface area contributed by atoms with E-state index < -0.39 is 11.6 Å². The van der Waals surface area contributed by atoms with Crippen molar-refractivity contribution in [2.24, 2.45) is 0 Å². The molecule has 0 saturated carbocycles. The fraction of sp³-hybridized carbons (Fsp3) is 0.364. The molecule has 15 heavy (non-hydrogen) atoms. The molecular weight excluding hydrogens is 196 g/mol. The molecule has 4 nitrogen and oxygen atoms in total. The molecule has 1 N–H and O–H groups in total. The number of carbonyl (C=O) groups is 1. The van der Waals surface area contributed by atoms with Crippen LogP contribution in [0.4, 0.5) is 0 Å². The molecule has 1 fully saturated rings. The van der Waals surface area contributed by atoms with Crippen LogP contribution >= 0.6 is 0 Å². The summed E-state index contributed by atoms with van der Waals surface area (Å²) in [5.74, 6) is -0.492. The van der Waals surface area contributed by atoms with Gasteiger partial charge in [-0.25, -0.2) is 4.79 Å². The minimum Gasteiger partial charge on any atom is -0.459 e. The number of aliphatic hydroxyl groups is 1. The van der Waals surface area contributed by atoms with E-state index >= 15 is 0 Å². The smallest absolute Gasteiger partial charge is 0.343 e. The zero-order valence-electron chi connectivity index (χ0n) is 8.18. The van der Waals surface area contributed by atoms with Crippen molar-refractivity contribution in [3.05, 3.63) is 35.9 Å². The number of esters is 1. The van der Waals surface area contributed by atoms with Gasteiger partial charge in [0.2, 0.25) is 5.60 Å². The summed E-state index contributed by atoms with van der Waals surface area (Å²) in [4.78, 5) is 11.4. The normalized spacial score (nSPS) is 23.5. The molecule has 1 aliphatic heterocycles. The van der Waals surface area contributed by atoms with Gasteiger partial charge in [-0.3, -0.25) is 0 Å². The van der Waals surface area contributed by atoms with Crippen LogP contribution in [0.2, 0.25) is 0 Å². The Kier molecular flexibility index (Phi) is 2.70.